The highest BCUT2D eigenvalue weighted by molar-refractivity contribution is 6.35. The number of aromatic nitrogens is 4. The lowest BCUT2D eigenvalue weighted by atomic mass is 9.90. The summed E-state index contributed by atoms with van der Waals surface area (Å²) in [7, 11) is 0. The van der Waals surface area contributed by atoms with Crippen molar-refractivity contribution in [2.75, 3.05) is 5.32 Å². The van der Waals surface area contributed by atoms with Crippen LogP contribution in [0.25, 0.3) is 27.7 Å². The van der Waals surface area contributed by atoms with Crippen molar-refractivity contribution in [1.82, 2.24) is 19.6 Å². The Morgan fingerprint density at radius 1 is 1.36 bits per heavy atom. The molecule has 3 heterocycles. The van der Waals surface area contributed by atoms with Gasteiger partial charge in [-0.15, -0.1) is 0 Å². The minimum atomic E-state index is -1.09. The van der Waals surface area contributed by atoms with Crippen molar-refractivity contribution >= 4 is 45.7 Å². The van der Waals surface area contributed by atoms with Crippen molar-refractivity contribution in [2.24, 2.45) is 5.92 Å². The van der Waals surface area contributed by atoms with Crippen LogP contribution in [0.4, 0.5) is 14.6 Å². The zero-order chi connectivity index (χ0) is 23.4. The Morgan fingerprint density at radius 2 is 2.12 bits per heavy atom. The standard InChI is InChI=1S/C23H20ClF2N5O2/c1-10(5-11(2)32)18-21(26)20(24)19(14-7-27-30-22(14)18)12-3-4-17-28-16(9-31(17)8-12)29-23(33)13-6-15(13)25/h3-4,7-10,13,15H,5-6H2,1-2H3,(H,27,30)(H,29,33)/t10?,13-,15+/m1/s1. The van der Waals surface area contributed by atoms with Crippen LogP contribution in [0.15, 0.2) is 30.7 Å². The molecule has 1 unspecified atom stereocenters. The topological polar surface area (TPSA) is 92.2 Å². The van der Waals surface area contributed by atoms with Gasteiger partial charge in [0.05, 0.1) is 28.9 Å². The number of pyridine rings is 1. The number of fused-ring (bicyclic) bond motifs is 2. The highest BCUT2D eigenvalue weighted by atomic mass is 35.5. The maximum Gasteiger partial charge on any atom is 0.231 e. The summed E-state index contributed by atoms with van der Waals surface area (Å²) in [6.45, 7) is 3.24. The molecule has 0 saturated heterocycles. The lowest BCUT2D eigenvalue weighted by Gasteiger charge is -2.17. The van der Waals surface area contributed by atoms with Crippen LogP contribution in [0.5, 0.6) is 0 Å². The molecule has 0 aliphatic heterocycles. The van der Waals surface area contributed by atoms with E-state index in [1.807, 2.05) is 0 Å². The summed E-state index contributed by atoms with van der Waals surface area (Å²) in [5.41, 5.74) is 2.44. The van der Waals surface area contributed by atoms with Crippen LogP contribution >= 0.6 is 11.6 Å². The van der Waals surface area contributed by atoms with Crippen LogP contribution in [-0.2, 0) is 9.59 Å². The van der Waals surface area contributed by atoms with Crippen LogP contribution in [0, 0.1) is 11.7 Å². The van der Waals surface area contributed by atoms with Gasteiger partial charge < -0.3 is 14.5 Å². The van der Waals surface area contributed by atoms with Gasteiger partial charge in [-0.2, -0.15) is 5.10 Å². The van der Waals surface area contributed by atoms with Crippen molar-refractivity contribution in [3.8, 4) is 11.1 Å². The Labute approximate surface area is 192 Å². The minimum absolute atomic E-state index is 0.0491. The fourth-order valence-electron chi connectivity index (χ4n) is 4.27. The third-order valence-corrected chi connectivity index (χ3v) is 6.31. The van der Waals surface area contributed by atoms with E-state index in [1.165, 1.54) is 6.92 Å². The highest BCUT2D eigenvalue weighted by Crippen LogP contribution is 2.42. The summed E-state index contributed by atoms with van der Waals surface area (Å²) in [6, 6.07) is 3.46. The summed E-state index contributed by atoms with van der Waals surface area (Å²) in [4.78, 5) is 27.9. The number of H-pyrrole nitrogens is 1. The number of amides is 1. The summed E-state index contributed by atoms with van der Waals surface area (Å²) in [5.74, 6) is -1.74. The van der Waals surface area contributed by atoms with Crippen molar-refractivity contribution in [3.63, 3.8) is 0 Å². The molecule has 1 aromatic carbocycles. The molecule has 0 radical (unpaired) electrons. The third-order valence-electron chi connectivity index (χ3n) is 5.95. The number of nitrogens with one attached hydrogen (secondary N) is 2. The first-order valence-corrected chi connectivity index (χ1v) is 10.9. The molecule has 10 heteroatoms. The average Bonchev–Trinajstić information content (AvgIpc) is 3.12. The fourth-order valence-corrected chi connectivity index (χ4v) is 4.58. The van der Waals surface area contributed by atoms with Crippen LogP contribution < -0.4 is 5.32 Å². The Morgan fingerprint density at radius 3 is 2.82 bits per heavy atom. The number of ketones is 1. The number of nitrogens with zero attached hydrogens (tertiary/aromatic N) is 3. The monoisotopic (exact) mass is 471 g/mol. The molecule has 0 bridgehead atoms. The Bertz CT molecular complexity index is 1430. The number of carbonyl (C=O) groups excluding carboxylic acids is 2. The lowest BCUT2D eigenvalue weighted by molar-refractivity contribution is -0.118. The second-order valence-corrected chi connectivity index (χ2v) is 8.92. The molecule has 1 aliphatic carbocycles. The van der Waals surface area contributed by atoms with E-state index < -0.39 is 23.8 Å². The van der Waals surface area contributed by atoms with Crippen LogP contribution in [-0.4, -0.2) is 37.4 Å². The van der Waals surface area contributed by atoms with Crippen molar-refractivity contribution in [3.05, 3.63) is 47.1 Å². The summed E-state index contributed by atoms with van der Waals surface area (Å²) >= 11 is 6.51. The van der Waals surface area contributed by atoms with Gasteiger partial charge in [0.25, 0.3) is 0 Å². The van der Waals surface area contributed by atoms with E-state index in [4.69, 9.17) is 11.6 Å². The highest BCUT2D eigenvalue weighted by Gasteiger charge is 2.43. The molecule has 1 saturated carbocycles. The fraction of sp³-hybridized carbons (Fsp3) is 0.304. The first-order chi connectivity index (χ1) is 15.7. The molecule has 33 heavy (non-hydrogen) atoms. The average molecular weight is 472 g/mol. The number of hydrogen-bond donors (Lipinski definition) is 2. The van der Waals surface area contributed by atoms with E-state index in [2.05, 4.69) is 20.5 Å². The van der Waals surface area contributed by atoms with E-state index in [0.29, 0.717) is 39.1 Å². The smallest absolute Gasteiger partial charge is 0.231 e. The molecule has 1 aliphatic rings. The van der Waals surface area contributed by atoms with Gasteiger partial charge in [-0.05, 0) is 31.4 Å². The van der Waals surface area contributed by atoms with Gasteiger partial charge in [-0.1, -0.05) is 18.5 Å². The maximum absolute atomic E-state index is 15.4. The molecule has 3 atom stereocenters. The van der Waals surface area contributed by atoms with E-state index >= 15 is 4.39 Å². The Balaban J connectivity index is 1.57. The molecular weight excluding hydrogens is 452 g/mol. The molecule has 3 aromatic heterocycles. The molecule has 0 spiro atoms. The van der Waals surface area contributed by atoms with Gasteiger partial charge >= 0.3 is 0 Å². The van der Waals surface area contributed by atoms with E-state index in [-0.39, 0.29) is 29.6 Å². The summed E-state index contributed by atoms with van der Waals surface area (Å²) in [5, 5.41) is 10.1. The number of halogens is 3. The van der Waals surface area contributed by atoms with Crippen LogP contribution in [0.1, 0.15) is 38.2 Å². The molecule has 7 nitrogen and oxygen atoms in total. The number of Topliss-reactive ketones (excluding diaryl/α,β-unsaturated/α-hetero) is 1. The number of alkyl halides is 1. The van der Waals surface area contributed by atoms with Crippen molar-refractivity contribution in [2.45, 2.75) is 38.8 Å². The lowest BCUT2D eigenvalue weighted by Crippen LogP contribution is -2.15. The van der Waals surface area contributed by atoms with E-state index in [0.717, 1.165) is 0 Å². The minimum Gasteiger partial charge on any atom is -0.309 e. The number of rotatable bonds is 6. The molecule has 5 rings (SSSR count). The second-order valence-electron chi connectivity index (χ2n) is 8.54. The largest absolute Gasteiger partial charge is 0.309 e. The van der Waals surface area contributed by atoms with Crippen molar-refractivity contribution in [1.29, 1.82) is 0 Å². The van der Waals surface area contributed by atoms with Crippen LogP contribution in [0.2, 0.25) is 5.02 Å². The number of hydrogen-bond acceptors (Lipinski definition) is 4. The first-order valence-electron chi connectivity index (χ1n) is 10.5. The summed E-state index contributed by atoms with van der Waals surface area (Å²) in [6.07, 6.45) is 4.22. The number of aromatic amines is 1. The summed E-state index contributed by atoms with van der Waals surface area (Å²) < 4.78 is 30.3. The molecule has 170 valence electrons. The molecule has 1 amide bonds. The Hall–Kier alpha value is -3.33. The number of benzene rings is 1. The predicted octanol–water partition coefficient (Wildman–Crippen LogP) is 5.05. The van der Waals surface area contributed by atoms with Crippen molar-refractivity contribution < 1.29 is 18.4 Å². The van der Waals surface area contributed by atoms with Gasteiger partial charge in [0, 0.05) is 34.7 Å². The van der Waals surface area contributed by atoms with Gasteiger partial charge in [-0.3, -0.25) is 9.89 Å². The van der Waals surface area contributed by atoms with Gasteiger partial charge in [-0.25, -0.2) is 13.8 Å². The third kappa shape index (κ3) is 3.76. The number of carbonyl (C=O) groups is 2. The quantitative estimate of drug-likeness (QED) is 0.411. The van der Waals surface area contributed by atoms with Gasteiger partial charge in [0.1, 0.15) is 23.4 Å². The number of anilines is 1. The molecule has 4 aromatic rings. The van der Waals surface area contributed by atoms with Crippen LogP contribution in [0.3, 0.4) is 0 Å². The Kier molecular flexibility index (Phi) is 5.16. The molecule has 1 fully saturated rings. The molecule has 2 N–H and O–H groups in total. The first kappa shape index (κ1) is 21.5. The van der Waals surface area contributed by atoms with Gasteiger partial charge in [0.15, 0.2) is 5.82 Å². The SMILES string of the molecule is CC(=O)CC(C)c1c(F)c(Cl)c(-c2ccc3nc(NC(=O)[C@@H]4C[C@@H]4F)cn3c2)c2cn[nH]c12. The normalized spacial score (nSPS) is 18.6. The van der Waals surface area contributed by atoms with E-state index in [1.54, 1.807) is 42.0 Å². The second kappa shape index (κ2) is 7.91. The van der Waals surface area contributed by atoms with Gasteiger partial charge in [0.2, 0.25) is 5.91 Å². The predicted molar refractivity (Wildman–Crippen MR) is 121 cm³/mol. The molecular formula is C23H20ClF2N5O2. The number of imidazole rings is 1. The zero-order valence-electron chi connectivity index (χ0n) is 17.8. The van der Waals surface area contributed by atoms with E-state index in [9.17, 15) is 14.0 Å². The zero-order valence-corrected chi connectivity index (χ0v) is 18.6. The maximum atomic E-state index is 15.4.